The topological polar surface area (TPSA) is 68.8 Å². The average Bonchev–Trinajstić information content (AvgIpc) is 2.83. The summed E-state index contributed by atoms with van der Waals surface area (Å²) in [5, 5.41) is 4.88. The molecule has 96 valence electrons. The lowest BCUT2D eigenvalue weighted by Crippen LogP contribution is -2.13. The fourth-order valence-electron chi connectivity index (χ4n) is 1.85. The Morgan fingerprint density at radius 1 is 1.16 bits per heavy atom. The summed E-state index contributed by atoms with van der Waals surface area (Å²) < 4.78 is 28.4. The minimum absolute atomic E-state index is 0.115. The standard InChI is InChI=1S/C12H9F2N5/c13-8-5-9(14)12(17-11(8)18-15)19-10-4-2-1-3-7(10)6-16-19/h1-6H,15H2,(H,17,18). The third kappa shape index (κ3) is 1.80. The van der Waals surface area contributed by atoms with E-state index in [9.17, 15) is 8.78 Å². The fraction of sp³-hybridized carbons (Fsp3) is 0. The van der Waals surface area contributed by atoms with Crippen LogP contribution in [0.25, 0.3) is 16.7 Å². The highest BCUT2D eigenvalue weighted by Crippen LogP contribution is 2.21. The third-order valence-corrected chi connectivity index (χ3v) is 2.73. The second kappa shape index (κ2) is 4.29. The van der Waals surface area contributed by atoms with Gasteiger partial charge in [0.25, 0.3) is 0 Å². The molecule has 2 heterocycles. The van der Waals surface area contributed by atoms with Crippen LogP contribution >= 0.6 is 0 Å². The molecule has 0 aliphatic carbocycles. The van der Waals surface area contributed by atoms with Crippen molar-refractivity contribution >= 4 is 16.7 Å². The minimum atomic E-state index is -0.861. The summed E-state index contributed by atoms with van der Waals surface area (Å²) in [5.74, 6) is 3.10. The van der Waals surface area contributed by atoms with Gasteiger partial charge in [-0.25, -0.2) is 24.3 Å². The van der Waals surface area contributed by atoms with Gasteiger partial charge in [0.1, 0.15) is 0 Å². The Labute approximate surface area is 106 Å². The highest BCUT2D eigenvalue weighted by Gasteiger charge is 2.15. The van der Waals surface area contributed by atoms with Crippen LogP contribution in [-0.2, 0) is 0 Å². The molecule has 3 N–H and O–H groups in total. The number of fused-ring (bicyclic) bond motifs is 1. The number of pyridine rings is 1. The van der Waals surface area contributed by atoms with Gasteiger partial charge in [0.05, 0.1) is 11.7 Å². The van der Waals surface area contributed by atoms with Crippen LogP contribution in [0, 0.1) is 11.6 Å². The number of benzene rings is 1. The molecule has 0 fully saturated rings. The second-order valence-corrected chi connectivity index (χ2v) is 3.88. The third-order valence-electron chi connectivity index (χ3n) is 2.73. The summed E-state index contributed by atoms with van der Waals surface area (Å²) in [6.07, 6.45) is 1.58. The van der Waals surface area contributed by atoms with Crippen molar-refractivity contribution in [3.05, 3.63) is 48.2 Å². The normalized spacial score (nSPS) is 10.9. The van der Waals surface area contributed by atoms with Gasteiger partial charge in [-0.3, -0.25) is 0 Å². The molecule has 0 aliphatic heterocycles. The Morgan fingerprint density at radius 3 is 2.74 bits per heavy atom. The molecule has 0 saturated heterocycles. The number of halogens is 2. The number of hydrazine groups is 1. The number of rotatable bonds is 2. The number of aromatic nitrogens is 3. The van der Waals surface area contributed by atoms with Crippen molar-refractivity contribution in [3.8, 4) is 5.82 Å². The van der Waals surface area contributed by atoms with Crippen LogP contribution in [0.1, 0.15) is 0 Å². The van der Waals surface area contributed by atoms with Gasteiger partial charge in [0.2, 0.25) is 0 Å². The molecule has 0 aliphatic rings. The molecule has 0 unspecified atom stereocenters. The van der Waals surface area contributed by atoms with E-state index in [1.54, 1.807) is 18.3 Å². The summed E-state index contributed by atoms with van der Waals surface area (Å²) >= 11 is 0. The zero-order valence-corrected chi connectivity index (χ0v) is 9.64. The Hall–Kier alpha value is -2.54. The first-order valence-electron chi connectivity index (χ1n) is 5.46. The zero-order chi connectivity index (χ0) is 13.4. The predicted molar refractivity (Wildman–Crippen MR) is 66.6 cm³/mol. The Balaban J connectivity index is 2.27. The summed E-state index contributed by atoms with van der Waals surface area (Å²) in [6.45, 7) is 0. The number of nitrogens with two attached hydrogens (primary N) is 1. The number of nitrogens with one attached hydrogen (secondary N) is 1. The highest BCUT2D eigenvalue weighted by molar-refractivity contribution is 5.79. The van der Waals surface area contributed by atoms with Gasteiger partial charge in [0, 0.05) is 11.5 Å². The number of para-hydroxylation sites is 1. The Bertz CT molecular complexity index is 753. The molecule has 0 bridgehead atoms. The SMILES string of the molecule is NNc1nc(-n2ncc3ccccc32)c(F)cc1F. The molecule has 0 saturated carbocycles. The molecule has 0 spiro atoms. The average molecular weight is 261 g/mol. The molecule has 5 nitrogen and oxygen atoms in total. The number of hydrogen-bond acceptors (Lipinski definition) is 4. The largest absolute Gasteiger partial charge is 0.306 e. The first kappa shape index (κ1) is 11.5. The van der Waals surface area contributed by atoms with Crippen molar-refractivity contribution in [3.63, 3.8) is 0 Å². The van der Waals surface area contributed by atoms with Crippen LogP contribution in [0.3, 0.4) is 0 Å². The van der Waals surface area contributed by atoms with Crippen LogP contribution < -0.4 is 11.3 Å². The summed E-state index contributed by atoms with van der Waals surface area (Å²) in [6, 6.07) is 7.96. The molecule has 3 rings (SSSR count). The molecule has 0 amide bonds. The van der Waals surface area contributed by atoms with Crippen LogP contribution in [0.15, 0.2) is 36.5 Å². The van der Waals surface area contributed by atoms with E-state index >= 15 is 0 Å². The predicted octanol–water partition coefficient (Wildman–Crippen LogP) is 1.98. The smallest absolute Gasteiger partial charge is 0.192 e. The molecule has 3 aromatic rings. The highest BCUT2D eigenvalue weighted by atomic mass is 19.1. The summed E-state index contributed by atoms with van der Waals surface area (Å²) in [5.41, 5.74) is 2.75. The number of nitrogens with zero attached hydrogens (tertiary/aromatic N) is 3. The van der Waals surface area contributed by atoms with E-state index in [1.165, 1.54) is 4.68 Å². The van der Waals surface area contributed by atoms with E-state index in [0.29, 0.717) is 11.6 Å². The molecule has 7 heteroatoms. The fourth-order valence-corrected chi connectivity index (χ4v) is 1.85. The maximum atomic E-state index is 13.8. The lowest BCUT2D eigenvalue weighted by atomic mass is 10.2. The van der Waals surface area contributed by atoms with Gasteiger partial charge in [-0.05, 0) is 6.07 Å². The van der Waals surface area contributed by atoms with Crippen molar-refractivity contribution in [2.75, 3.05) is 5.43 Å². The van der Waals surface area contributed by atoms with Crippen molar-refractivity contribution in [2.45, 2.75) is 0 Å². The lowest BCUT2D eigenvalue weighted by Gasteiger charge is -2.07. The van der Waals surface area contributed by atoms with Crippen molar-refractivity contribution in [1.82, 2.24) is 14.8 Å². The van der Waals surface area contributed by atoms with Gasteiger partial charge in [-0.1, -0.05) is 18.2 Å². The maximum absolute atomic E-state index is 13.8. The van der Waals surface area contributed by atoms with Crippen LogP contribution in [-0.4, -0.2) is 14.8 Å². The molecular formula is C12H9F2N5. The number of nitrogen functional groups attached to an aromatic ring is 1. The molecule has 19 heavy (non-hydrogen) atoms. The molecule has 2 aromatic heterocycles. The lowest BCUT2D eigenvalue weighted by molar-refractivity contribution is 0.565. The molecular weight excluding hydrogens is 252 g/mol. The molecule has 0 atom stereocenters. The Kier molecular flexibility index (Phi) is 2.60. The number of anilines is 1. The van der Waals surface area contributed by atoms with E-state index in [2.05, 4.69) is 15.5 Å². The molecule has 1 aromatic carbocycles. The second-order valence-electron chi connectivity index (χ2n) is 3.88. The maximum Gasteiger partial charge on any atom is 0.192 e. The van der Waals surface area contributed by atoms with Gasteiger partial charge in [0.15, 0.2) is 23.3 Å². The van der Waals surface area contributed by atoms with E-state index in [0.717, 1.165) is 5.39 Å². The monoisotopic (exact) mass is 261 g/mol. The van der Waals surface area contributed by atoms with Crippen LogP contribution in [0.2, 0.25) is 0 Å². The zero-order valence-electron chi connectivity index (χ0n) is 9.64. The van der Waals surface area contributed by atoms with Crippen molar-refractivity contribution < 1.29 is 8.78 Å². The quantitative estimate of drug-likeness (QED) is 0.546. The minimum Gasteiger partial charge on any atom is -0.306 e. The van der Waals surface area contributed by atoms with Crippen molar-refractivity contribution in [2.24, 2.45) is 5.84 Å². The van der Waals surface area contributed by atoms with Crippen LogP contribution in [0.5, 0.6) is 0 Å². The van der Waals surface area contributed by atoms with E-state index in [4.69, 9.17) is 5.84 Å². The first-order valence-corrected chi connectivity index (χ1v) is 5.46. The van der Waals surface area contributed by atoms with Crippen LogP contribution in [0.4, 0.5) is 14.6 Å². The molecule has 0 radical (unpaired) electrons. The van der Waals surface area contributed by atoms with E-state index in [-0.39, 0.29) is 11.6 Å². The van der Waals surface area contributed by atoms with Gasteiger partial charge in [-0.15, -0.1) is 0 Å². The first-order chi connectivity index (χ1) is 9.20. The van der Waals surface area contributed by atoms with Gasteiger partial charge >= 0.3 is 0 Å². The van der Waals surface area contributed by atoms with E-state index < -0.39 is 11.6 Å². The Morgan fingerprint density at radius 2 is 1.95 bits per heavy atom. The van der Waals surface area contributed by atoms with Gasteiger partial charge in [-0.2, -0.15) is 5.10 Å². The van der Waals surface area contributed by atoms with E-state index in [1.807, 2.05) is 12.1 Å². The number of hydrogen-bond donors (Lipinski definition) is 2. The van der Waals surface area contributed by atoms with Crippen molar-refractivity contribution in [1.29, 1.82) is 0 Å². The summed E-state index contributed by atoms with van der Waals surface area (Å²) in [7, 11) is 0. The summed E-state index contributed by atoms with van der Waals surface area (Å²) in [4.78, 5) is 3.80. The van der Waals surface area contributed by atoms with Gasteiger partial charge < -0.3 is 5.43 Å².